The first-order chi connectivity index (χ1) is 7.33. The summed E-state index contributed by atoms with van der Waals surface area (Å²) in [6, 6.07) is 3.58. The molecule has 0 atom stereocenters. The molecule has 0 fully saturated rings. The van der Waals surface area contributed by atoms with Crippen molar-refractivity contribution in [1.82, 2.24) is 15.0 Å². The molecule has 0 aliphatic heterocycles. The van der Waals surface area contributed by atoms with Gasteiger partial charge in [0.2, 0.25) is 0 Å². The van der Waals surface area contributed by atoms with E-state index in [9.17, 15) is 0 Å². The number of pyridine rings is 1. The second-order valence-electron chi connectivity index (χ2n) is 2.75. The van der Waals surface area contributed by atoms with E-state index in [0.717, 1.165) is 0 Å². The molecule has 4 nitrogen and oxygen atoms in total. The standard InChI is InChI=1S/C10H8ClN3O/c1-15-7-3-2-4-12-8(7)9-10(11)14-6-5-13-9/h2-6H,1H3. The Kier molecular flexibility index (Phi) is 2.78. The molecule has 2 rings (SSSR count). The molecule has 0 saturated heterocycles. The quantitative estimate of drug-likeness (QED) is 0.780. The van der Waals surface area contributed by atoms with E-state index in [1.165, 1.54) is 6.20 Å². The number of aromatic nitrogens is 3. The Bertz CT molecular complexity index is 476. The van der Waals surface area contributed by atoms with Gasteiger partial charge in [0.1, 0.15) is 17.1 Å². The minimum absolute atomic E-state index is 0.314. The van der Waals surface area contributed by atoms with Crippen LogP contribution in [0.3, 0.4) is 0 Å². The first-order valence-corrected chi connectivity index (χ1v) is 4.66. The Morgan fingerprint density at radius 1 is 1.07 bits per heavy atom. The fourth-order valence-corrected chi connectivity index (χ4v) is 1.41. The average Bonchev–Trinajstić information content (AvgIpc) is 2.30. The Hall–Kier alpha value is -1.68. The second kappa shape index (κ2) is 4.23. The van der Waals surface area contributed by atoms with Crippen LogP contribution in [0.15, 0.2) is 30.7 Å². The van der Waals surface area contributed by atoms with Crippen LogP contribution in [0.2, 0.25) is 5.15 Å². The molecule has 0 aliphatic rings. The fraction of sp³-hybridized carbons (Fsp3) is 0.100. The topological polar surface area (TPSA) is 47.9 Å². The Morgan fingerprint density at radius 2 is 1.80 bits per heavy atom. The van der Waals surface area contributed by atoms with Crippen molar-refractivity contribution in [3.63, 3.8) is 0 Å². The zero-order chi connectivity index (χ0) is 10.7. The van der Waals surface area contributed by atoms with Gasteiger partial charge < -0.3 is 4.74 Å². The van der Waals surface area contributed by atoms with Crippen molar-refractivity contribution in [2.75, 3.05) is 7.11 Å². The van der Waals surface area contributed by atoms with Gasteiger partial charge in [-0.05, 0) is 12.1 Å². The van der Waals surface area contributed by atoms with Crippen LogP contribution in [-0.4, -0.2) is 22.1 Å². The lowest BCUT2D eigenvalue weighted by Gasteiger charge is -2.06. The molecule has 0 aliphatic carbocycles. The van der Waals surface area contributed by atoms with E-state index in [0.29, 0.717) is 22.3 Å². The number of methoxy groups -OCH3 is 1. The number of nitrogens with zero attached hydrogens (tertiary/aromatic N) is 3. The first-order valence-electron chi connectivity index (χ1n) is 4.29. The second-order valence-corrected chi connectivity index (χ2v) is 3.11. The minimum atomic E-state index is 0.314. The molecule has 2 aromatic heterocycles. The molecule has 15 heavy (non-hydrogen) atoms. The van der Waals surface area contributed by atoms with Gasteiger partial charge >= 0.3 is 0 Å². The van der Waals surface area contributed by atoms with Crippen molar-refractivity contribution >= 4 is 11.6 Å². The largest absolute Gasteiger partial charge is 0.494 e. The summed E-state index contributed by atoms with van der Waals surface area (Å²) in [6.07, 6.45) is 4.75. The normalized spacial score (nSPS) is 10.0. The van der Waals surface area contributed by atoms with Gasteiger partial charge in [0.15, 0.2) is 5.15 Å². The highest BCUT2D eigenvalue weighted by Crippen LogP contribution is 2.29. The molecule has 0 radical (unpaired) electrons. The van der Waals surface area contributed by atoms with E-state index < -0.39 is 0 Å². The van der Waals surface area contributed by atoms with E-state index in [2.05, 4.69) is 15.0 Å². The molecular weight excluding hydrogens is 214 g/mol. The minimum Gasteiger partial charge on any atom is -0.494 e. The maximum atomic E-state index is 5.92. The van der Waals surface area contributed by atoms with E-state index >= 15 is 0 Å². The third kappa shape index (κ3) is 1.89. The van der Waals surface area contributed by atoms with Gasteiger partial charge in [0, 0.05) is 18.6 Å². The molecule has 2 aromatic rings. The molecule has 5 heteroatoms. The van der Waals surface area contributed by atoms with Gasteiger partial charge in [0.25, 0.3) is 0 Å². The van der Waals surface area contributed by atoms with Crippen LogP contribution in [-0.2, 0) is 0 Å². The van der Waals surface area contributed by atoms with Crippen LogP contribution in [0.4, 0.5) is 0 Å². The Balaban J connectivity index is 2.59. The van der Waals surface area contributed by atoms with Gasteiger partial charge in [-0.2, -0.15) is 0 Å². The molecule has 0 saturated carbocycles. The predicted molar refractivity (Wildman–Crippen MR) is 56.8 cm³/mol. The van der Waals surface area contributed by atoms with Crippen LogP contribution >= 0.6 is 11.6 Å². The van der Waals surface area contributed by atoms with Crippen LogP contribution in [0, 0.1) is 0 Å². The van der Waals surface area contributed by atoms with Crippen LogP contribution < -0.4 is 4.74 Å². The van der Waals surface area contributed by atoms with Gasteiger partial charge in [-0.1, -0.05) is 11.6 Å². The van der Waals surface area contributed by atoms with Crippen molar-refractivity contribution < 1.29 is 4.74 Å². The van der Waals surface area contributed by atoms with Crippen molar-refractivity contribution in [3.05, 3.63) is 35.9 Å². The van der Waals surface area contributed by atoms with Crippen molar-refractivity contribution in [2.24, 2.45) is 0 Å². The van der Waals surface area contributed by atoms with Crippen LogP contribution in [0.25, 0.3) is 11.4 Å². The smallest absolute Gasteiger partial charge is 0.157 e. The molecular formula is C10H8ClN3O. The monoisotopic (exact) mass is 221 g/mol. The number of rotatable bonds is 2. The Labute approximate surface area is 91.9 Å². The number of hydrogen-bond acceptors (Lipinski definition) is 4. The van der Waals surface area contributed by atoms with Crippen molar-refractivity contribution in [3.8, 4) is 17.1 Å². The molecule has 2 heterocycles. The fourth-order valence-electron chi connectivity index (χ4n) is 1.21. The summed E-state index contributed by atoms with van der Waals surface area (Å²) in [4.78, 5) is 12.2. The summed E-state index contributed by atoms with van der Waals surface area (Å²) in [6.45, 7) is 0. The summed E-state index contributed by atoms with van der Waals surface area (Å²) >= 11 is 5.92. The van der Waals surface area contributed by atoms with Gasteiger partial charge in [0.05, 0.1) is 7.11 Å². The molecule has 0 unspecified atom stereocenters. The number of halogens is 1. The van der Waals surface area contributed by atoms with E-state index in [-0.39, 0.29) is 0 Å². The lowest BCUT2D eigenvalue weighted by Crippen LogP contribution is -1.94. The summed E-state index contributed by atoms with van der Waals surface area (Å²) in [5.41, 5.74) is 1.12. The van der Waals surface area contributed by atoms with Gasteiger partial charge in [-0.15, -0.1) is 0 Å². The predicted octanol–water partition coefficient (Wildman–Crippen LogP) is 2.20. The van der Waals surface area contributed by atoms with E-state index in [1.807, 2.05) is 0 Å². The van der Waals surface area contributed by atoms with Gasteiger partial charge in [-0.25, -0.2) is 9.97 Å². The summed E-state index contributed by atoms with van der Waals surface area (Å²) < 4.78 is 5.17. The summed E-state index contributed by atoms with van der Waals surface area (Å²) in [7, 11) is 1.57. The average molecular weight is 222 g/mol. The maximum Gasteiger partial charge on any atom is 0.157 e. The van der Waals surface area contributed by atoms with Crippen molar-refractivity contribution in [1.29, 1.82) is 0 Å². The van der Waals surface area contributed by atoms with Crippen LogP contribution in [0.5, 0.6) is 5.75 Å². The molecule has 0 N–H and O–H groups in total. The number of hydrogen-bond donors (Lipinski definition) is 0. The van der Waals surface area contributed by atoms with Gasteiger partial charge in [-0.3, -0.25) is 4.98 Å². The lowest BCUT2D eigenvalue weighted by atomic mass is 10.2. The zero-order valence-electron chi connectivity index (χ0n) is 8.01. The van der Waals surface area contributed by atoms with Crippen molar-refractivity contribution in [2.45, 2.75) is 0 Å². The first kappa shape index (κ1) is 9.86. The highest BCUT2D eigenvalue weighted by atomic mass is 35.5. The Morgan fingerprint density at radius 3 is 2.53 bits per heavy atom. The van der Waals surface area contributed by atoms with Crippen LogP contribution in [0.1, 0.15) is 0 Å². The molecule has 0 amide bonds. The summed E-state index contributed by atoms with van der Waals surface area (Å²) in [5, 5.41) is 0.314. The third-order valence-corrected chi connectivity index (χ3v) is 2.15. The van der Waals surface area contributed by atoms with E-state index in [4.69, 9.17) is 16.3 Å². The maximum absolute atomic E-state index is 5.92. The molecule has 0 aromatic carbocycles. The lowest BCUT2D eigenvalue weighted by molar-refractivity contribution is 0.414. The molecule has 76 valence electrons. The zero-order valence-corrected chi connectivity index (χ0v) is 8.77. The van der Waals surface area contributed by atoms with E-state index in [1.54, 1.807) is 31.6 Å². The number of ether oxygens (including phenoxy) is 1. The third-order valence-electron chi connectivity index (χ3n) is 1.87. The summed E-state index contributed by atoms with van der Waals surface area (Å²) in [5.74, 6) is 0.625. The highest BCUT2D eigenvalue weighted by molar-refractivity contribution is 6.31. The SMILES string of the molecule is COc1cccnc1-c1nccnc1Cl. The highest BCUT2D eigenvalue weighted by Gasteiger charge is 2.11. The molecule has 0 spiro atoms. The molecule has 0 bridgehead atoms.